The van der Waals surface area contributed by atoms with Crippen molar-refractivity contribution in [2.24, 2.45) is 11.8 Å². The third-order valence-corrected chi connectivity index (χ3v) is 5.64. The van der Waals surface area contributed by atoms with Crippen molar-refractivity contribution in [1.29, 1.82) is 0 Å². The molecule has 0 amide bonds. The smallest absolute Gasteiger partial charge is 0.00672 e. The molecule has 1 aliphatic heterocycles. The van der Waals surface area contributed by atoms with Gasteiger partial charge in [0.15, 0.2) is 0 Å². The van der Waals surface area contributed by atoms with Crippen LogP contribution in [-0.2, 0) is 11.8 Å². The molecule has 23 heavy (non-hydrogen) atoms. The Labute approximate surface area is 144 Å². The molecule has 1 heteroatoms. The van der Waals surface area contributed by atoms with Crippen LogP contribution in [0.4, 0.5) is 0 Å². The number of hydrogen-bond acceptors (Lipinski definition) is 1. The molecule has 1 heterocycles. The Bertz CT molecular complexity index is 468. The van der Waals surface area contributed by atoms with E-state index in [0.717, 1.165) is 17.9 Å². The highest BCUT2D eigenvalue weighted by molar-refractivity contribution is 5.27. The van der Waals surface area contributed by atoms with E-state index in [1.165, 1.54) is 49.9 Å². The lowest BCUT2D eigenvalue weighted by atomic mass is 9.86. The summed E-state index contributed by atoms with van der Waals surface area (Å²) in [6.45, 7) is 16.6. The monoisotopic (exact) mass is 315 g/mol. The van der Waals surface area contributed by atoms with Crippen LogP contribution in [0.3, 0.4) is 0 Å². The summed E-state index contributed by atoms with van der Waals surface area (Å²) in [4.78, 5) is 2.74. The van der Waals surface area contributed by atoms with E-state index in [-0.39, 0.29) is 5.41 Å². The van der Waals surface area contributed by atoms with Crippen molar-refractivity contribution >= 4 is 0 Å². The lowest BCUT2D eigenvalue weighted by Gasteiger charge is -2.39. The van der Waals surface area contributed by atoms with Crippen LogP contribution < -0.4 is 0 Å². The first-order valence-electron chi connectivity index (χ1n) is 9.63. The molecule has 0 spiro atoms. The molecule has 0 aliphatic carbocycles. The topological polar surface area (TPSA) is 3.24 Å². The fraction of sp³-hybridized carbons (Fsp3) is 0.727. The first kappa shape index (κ1) is 18.5. The van der Waals surface area contributed by atoms with Gasteiger partial charge in [-0.2, -0.15) is 0 Å². The van der Waals surface area contributed by atoms with Gasteiger partial charge in [0.2, 0.25) is 0 Å². The molecule has 3 atom stereocenters. The van der Waals surface area contributed by atoms with Crippen LogP contribution in [0.2, 0.25) is 0 Å². The maximum atomic E-state index is 2.74. The van der Waals surface area contributed by atoms with E-state index in [0.29, 0.717) is 0 Å². The molecule has 130 valence electrons. The van der Waals surface area contributed by atoms with Crippen molar-refractivity contribution in [1.82, 2.24) is 4.90 Å². The molecule has 0 aromatic heterocycles. The molecular formula is C22H37N. The first-order chi connectivity index (χ1) is 10.8. The van der Waals surface area contributed by atoms with E-state index >= 15 is 0 Å². The molecule has 1 aliphatic rings. The Balaban J connectivity index is 1.90. The number of likely N-dealkylation sites (tertiary alicyclic amines) is 1. The van der Waals surface area contributed by atoms with Crippen LogP contribution >= 0.6 is 0 Å². The second-order valence-electron chi connectivity index (χ2n) is 8.91. The number of hydrogen-bond donors (Lipinski definition) is 0. The first-order valence-corrected chi connectivity index (χ1v) is 9.63. The Kier molecular flexibility index (Phi) is 6.31. The van der Waals surface area contributed by atoms with Crippen molar-refractivity contribution < 1.29 is 0 Å². The number of rotatable bonds is 5. The standard InChI is InChI=1S/C22H37N/c1-7-19-9-8-18(3)23(16-19)15-17(2)14-20-10-12-21(13-11-20)22(4,5)6/h10-13,17-19H,7-9,14-16H2,1-6H3. The van der Waals surface area contributed by atoms with Crippen LogP contribution in [0.15, 0.2) is 24.3 Å². The molecule has 1 saturated heterocycles. The molecule has 0 saturated carbocycles. The van der Waals surface area contributed by atoms with Crippen LogP contribution in [0.5, 0.6) is 0 Å². The molecule has 1 fully saturated rings. The molecule has 0 bridgehead atoms. The minimum Gasteiger partial charge on any atom is -0.300 e. The molecule has 3 unspecified atom stereocenters. The van der Waals surface area contributed by atoms with Crippen LogP contribution in [0.1, 0.15) is 71.9 Å². The predicted molar refractivity (Wildman–Crippen MR) is 102 cm³/mol. The molecule has 0 N–H and O–H groups in total. The third kappa shape index (κ3) is 5.35. The maximum Gasteiger partial charge on any atom is 0.00672 e. The van der Waals surface area contributed by atoms with E-state index in [4.69, 9.17) is 0 Å². The number of nitrogens with zero attached hydrogens (tertiary/aromatic N) is 1. The highest BCUT2D eigenvalue weighted by atomic mass is 15.2. The second-order valence-corrected chi connectivity index (χ2v) is 8.91. The van der Waals surface area contributed by atoms with Crippen LogP contribution in [0, 0.1) is 11.8 Å². The van der Waals surface area contributed by atoms with Gasteiger partial charge in [-0.3, -0.25) is 0 Å². The number of piperidine rings is 1. The van der Waals surface area contributed by atoms with Crippen molar-refractivity contribution in [3.05, 3.63) is 35.4 Å². The van der Waals surface area contributed by atoms with E-state index in [9.17, 15) is 0 Å². The third-order valence-electron chi connectivity index (χ3n) is 5.64. The zero-order valence-corrected chi connectivity index (χ0v) is 16.2. The normalized spacial score (nSPS) is 24.6. The van der Waals surface area contributed by atoms with Gasteiger partial charge in [0, 0.05) is 19.1 Å². The Hall–Kier alpha value is -0.820. The van der Waals surface area contributed by atoms with Crippen molar-refractivity contribution in [2.75, 3.05) is 13.1 Å². The Morgan fingerprint density at radius 3 is 2.35 bits per heavy atom. The average Bonchev–Trinajstić information content (AvgIpc) is 2.49. The van der Waals surface area contributed by atoms with Crippen molar-refractivity contribution in [3.8, 4) is 0 Å². The van der Waals surface area contributed by atoms with Gasteiger partial charge in [0.05, 0.1) is 0 Å². The molecule has 0 radical (unpaired) electrons. The van der Waals surface area contributed by atoms with E-state index in [2.05, 4.69) is 70.7 Å². The summed E-state index contributed by atoms with van der Waals surface area (Å²) in [5.41, 5.74) is 3.18. The minimum absolute atomic E-state index is 0.253. The zero-order chi connectivity index (χ0) is 17.0. The van der Waals surface area contributed by atoms with Gasteiger partial charge in [-0.25, -0.2) is 0 Å². The Morgan fingerprint density at radius 2 is 1.78 bits per heavy atom. The lowest BCUT2D eigenvalue weighted by Crippen LogP contribution is -2.44. The molecule has 1 aromatic rings. The second kappa shape index (κ2) is 7.83. The highest BCUT2D eigenvalue weighted by Crippen LogP contribution is 2.26. The molecular weight excluding hydrogens is 278 g/mol. The van der Waals surface area contributed by atoms with Crippen LogP contribution in [0.25, 0.3) is 0 Å². The van der Waals surface area contributed by atoms with E-state index in [1.54, 1.807) is 0 Å². The minimum atomic E-state index is 0.253. The highest BCUT2D eigenvalue weighted by Gasteiger charge is 2.25. The van der Waals surface area contributed by atoms with Crippen molar-refractivity contribution in [3.63, 3.8) is 0 Å². The van der Waals surface area contributed by atoms with Crippen LogP contribution in [-0.4, -0.2) is 24.0 Å². The van der Waals surface area contributed by atoms with Gasteiger partial charge in [0.1, 0.15) is 0 Å². The average molecular weight is 316 g/mol. The molecule has 1 nitrogen and oxygen atoms in total. The van der Waals surface area contributed by atoms with Gasteiger partial charge in [-0.15, -0.1) is 0 Å². The van der Waals surface area contributed by atoms with E-state index < -0.39 is 0 Å². The summed E-state index contributed by atoms with van der Waals surface area (Å²) in [6, 6.07) is 10.1. The predicted octanol–water partition coefficient (Wildman–Crippen LogP) is 5.67. The maximum absolute atomic E-state index is 2.74. The fourth-order valence-electron chi connectivity index (χ4n) is 3.86. The van der Waals surface area contributed by atoms with Gasteiger partial charge >= 0.3 is 0 Å². The summed E-state index contributed by atoms with van der Waals surface area (Å²) in [7, 11) is 0. The summed E-state index contributed by atoms with van der Waals surface area (Å²) in [6.07, 6.45) is 5.35. The van der Waals surface area contributed by atoms with Crippen molar-refractivity contribution in [2.45, 2.75) is 78.7 Å². The van der Waals surface area contributed by atoms with Gasteiger partial charge < -0.3 is 4.90 Å². The van der Waals surface area contributed by atoms with Gasteiger partial charge in [-0.1, -0.05) is 65.3 Å². The number of benzene rings is 1. The molecule has 2 rings (SSSR count). The molecule has 1 aromatic carbocycles. The quantitative estimate of drug-likeness (QED) is 0.676. The summed E-state index contributed by atoms with van der Waals surface area (Å²) in [5.74, 6) is 1.65. The summed E-state index contributed by atoms with van der Waals surface area (Å²) < 4.78 is 0. The van der Waals surface area contributed by atoms with Gasteiger partial charge in [-0.05, 0) is 54.6 Å². The SMILES string of the molecule is CCC1CCC(C)N(CC(C)Cc2ccc(C(C)(C)C)cc2)C1. The summed E-state index contributed by atoms with van der Waals surface area (Å²) >= 11 is 0. The lowest BCUT2D eigenvalue weighted by molar-refractivity contribution is 0.0999. The fourth-order valence-corrected chi connectivity index (χ4v) is 3.86. The van der Waals surface area contributed by atoms with Gasteiger partial charge in [0.25, 0.3) is 0 Å². The largest absolute Gasteiger partial charge is 0.300 e. The Morgan fingerprint density at radius 1 is 1.13 bits per heavy atom. The summed E-state index contributed by atoms with van der Waals surface area (Å²) in [5, 5.41) is 0. The van der Waals surface area contributed by atoms with E-state index in [1.807, 2.05) is 0 Å². The zero-order valence-electron chi connectivity index (χ0n) is 16.2.